The van der Waals surface area contributed by atoms with E-state index in [1.807, 2.05) is 30.3 Å². The average molecular weight is 371 g/mol. The lowest BCUT2D eigenvalue weighted by Gasteiger charge is -2.26. The highest BCUT2D eigenvalue weighted by atomic mass is 16.2. The number of nitrogens with zero attached hydrogens (tertiary/aromatic N) is 4. The number of nitrogens with one attached hydrogen (secondary N) is 1. The van der Waals surface area contributed by atoms with Crippen molar-refractivity contribution in [2.75, 3.05) is 19.6 Å². The van der Waals surface area contributed by atoms with Crippen molar-refractivity contribution in [2.45, 2.75) is 39.3 Å². The summed E-state index contributed by atoms with van der Waals surface area (Å²) in [5.74, 6) is 0.244. The van der Waals surface area contributed by atoms with Crippen LogP contribution in [0.1, 0.15) is 31.2 Å². The monoisotopic (exact) mass is 371 g/mol. The number of benzene rings is 1. The number of aromatic nitrogens is 3. The number of hydrogen-bond donors (Lipinski definition) is 1. The molecule has 1 fully saturated rings. The molecule has 144 valence electrons. The van der Waals surface area contributed by atoms with Gasteiger partial charge in [0, 0.05) is 19.5 Å². The topological polar surface area (TPSA) is 89.2 Å². The molecule has 3 rings (SSSR count). The molecule has 1 aromatic heterocycles. The van der Waals surface area contributed by atoms with Crippen LogP contribution in [0.4, 0.5) is 0 Å². The van der Waals surface area contributed by atoms with Gasteiger partial charge in [-0.25, -0.2) is 9.48 Å². The largest absolute Gasteiger partial charge is 0.353 e. The van der Waals surface area contributed by atoms with Crippen molar-refractivity contribution in [3.8, 4) is 0 Å². The fraction of sp³-hybridized carbons (Fsp3) is 0.474. The predicted molar refractivity (Wildman–Crippen MR) is 100 cm³/mol. The van der Waals surface area contributed by atoms with Gasteiger partial charge in [-0.2, -0.15) is 5.10 Å². The Morgan fingerprint density at radius 3 is 2.70 bits per heavy atom. The highest BCUT2D eigenvalue weighted by Gasteiger charge is 2.23. The van der Waals surface area contributed by atoms with E-state index in [0.717, 1.165) is 18.4 Å². The fourth-order valence-corrected chi connectivity index (χ4v) is 3.11. The van der Waals surface area contributed by atoms with Gasteiger partial charge in [0.1, 0.15) is 12.4 Å². The van der Waals surface area contributed by atoms with Crippen LogP contribution in [0.3, 0.4) is 0 Å². The Labute approximate surface area is 157 Å². The van der Waals surface area contributed by atoms with Crippen LogP contribution in [-0.4, -0.2) is 50.7 Å². The molecule has 0 saturated carbocycles. The molecule has 0 radical (unpaired) electrons. The van der Waals surface area contributed by atoms with Crippen molar-refractivity contribution in [2.24, 2.45) is 0 Å². The van der Waals surface area contributed by atoms with Crippen LogP contribution in [0.2, 0.25) is 0 Å². The third-order valence-electron chi connectivity index (χ3n) is 4.61. The Morgan fingerprint density at radius 2 is 2.00 bits per heavy atom. The Morgan fingerprint density at radius 1 is 1.22 bits per heavy atom. The molecular weight excluding hydrogens is 346 g/mol. The molecule has 0 aliphatic carbocycles. The van der Waals surface area contributed by atoms with Crippen molar-refractivity contribution < 1.29 is 9.59 Å². The minimum atomic E-state index is -0.292. The van der Waals surface area contributed by atoms with E-state index in [-0.39, 0.29) is 30.6 Å². The molecule has 1 aromatic carbocycles. The van der Waals surface area contributed by atoms with Crippen LogP contribution in [0, 0.1) is 0 Å². The number of unbranched alkanes of at least 4 members (excludes halogenated alkanes) is 1. The molecule has 2 aromatic rings. The molecule has 8 nitrogen and oxygen atoms in total. The van der Waals surface area contributed by atoms with Gasteiger partial charge < -0.3 is 10.2 Å². The summed E-state index contributed by atoms with van der Waals surface area (Å²) >= 11 is 0. The number of aryl methyl sites for hydroxylation is 1. The Bertz CT molecular complexity index is 856. The number of rotatable bonds is 7. The standard InChI is InChI=1S/C19H25N5O3/c1-2-3-9-16-21-24(14-18(26)22-11-10-20-17(25)13-22)19(27)23(16)12-15-7-5-4-6-8-15/h4-8H,2-3,9-14H2,1H3,(H,20,25). The van der Waals surface area contributed by atoms with Crippen molar-refractivity contribution in [1.29, 1.82) is 0 Å². The summed E-state index contributed by atoms with van der Waals surface area (Å²) in [5, 5.41) is 7.10. The summed E-state index contributed by atoms with van der Waals surface area (Å²) in [6, 6.07) is 9.72. The molecule has 1 saturated heterocycles. The average Bonchev–Trinajstić information content (AvgIpc) is 2.96. The van der Waals surface area contributed by atoms with Crippen LogP contribution in [-0.2, 0) is 29.1 Å². The molecule has 8 heteroatoms. The predicted octanol–water partition coefficient (Wildman–Crippen LogP) is 0.394. The summed E-state index contributed by atoms with van der Waals surface area (Å²) in [5.41, 5.74) is 0.718. The van der Waals surface area contributed by atoms with Gasteiger partial charge in [0.2, 0.25) is 11.8 Å². The van der Waals surface area contributed by atoms with Gasteiger partial charge in [0.05, 0.1) is 13.1 Å². The lowest BCUT2D eigenvalue weighted by atomic mass is 10.2. The molecule has 2 heterocycles. The van der Waals surface area contributed by atoms with E-state index in [4.69, 9.17) is 0 Å². The molecule has 0 atom stereocenters. The van der Waals surface area contributed by atoms with Crippen LogP contribution in [0.25, 0.3) is 0 Å². The summed E-state index contributed by atoms with van der Waals surface area (Å²) in [4.78, 5) is 38.3. The summed E-state index contributed by atoms with van der Waals surface area (Å²) < 4.78 is 2.87. The quantitative estimate of drug-likeness (QED) is 0.763. The van der Waals surface area contributed by atoms with Crippen LogP contribution in [0.5, 0.6) is 0 Å². The van der Waals surface area contributed by atoms with Crippen LogP contribution >= 0.6 is 0 Å². The summed E-state index contributed by atoms with van der Waals surface area (Å²) in [6.45, 7) is 3.28. The number of amides is 2. The fourth-order valence-electron chi connectivity index (χ4n) is 3.11. The van der Waals surface area contributed by atoms with Crippen molar-refractivity contribution in [3.05, 3.63) is 52.2 Å². The van der Waals surface area contributed by atoms with Gasteiger partial charge in [0.15, 0.2) is 0 Å². The first-order valence-electron chi connectivity index (χ1n) is 9.33. The second kappa shape index (κ2) is 8.66. The van der Waals surface area contributed by atoms with E-state index in [2.05, 4.69) is 17.3 Å². The van der Waals surface area contributed by atoms with E-state index < -0.39 is 0 Å². The van der Waals surface area contributed by atoms with Crippen molar-refractivity contribution in [1.82, 2.24) is 24.6 Å². The third kappa shape index (κ3) is 4.64. The van der Waals surface area contributed by atoms with Crippen molar-refractivity contribution in [3.63, 3.8) is 0 Å². The van der Waals surface area contributed by atoms with Gasteiger partial charge in [-0.3, -0.25) is 14.2 Å². The van der Waals surface area contributed by atoms with E-state index in [1.54, 1.807) is 4.57 Å². The van der Waals surface area contributed by atoms with Gasteiger partial charge in [0.25, 0.3) is 0 Å². The van der Waals surface area contributed by atoms with Crippen LogP contribution < -0.4 is 11.0 Å². The minimum absolute atomic E-state index is 0.0288. The van der Waals surface area contributed by atoms with Crippen LogP contribution in [0.15, 0.2) is 35.1 Å². The van der Waals surface area contributed by atoms with E-state index in [0.29, 0.717) is 31.9 Å². The molecular formula is C19H25N5O3. The first kappa shape index (κ1) is 18.9. The summed E-state index contributed by atoms with van der Waals surface area (Å²) in [7, 11) is 0. The normalized spacial score (nSPS) is 14.3. The molecule has 27 heavy (non-hydrogen) atoms. The first-order valence-corrected chi connectivity index (χ1v) is 9.33. The maximum atomic E-state index is 12.9. The first-order chi connectivity index (χ1) is 13.1. The number of piperazine rings is 1. The van der Waals surface area contributed by atoms with E-state index >= 15 is 0 Å². The molecule has 0 unspecified atom stereocenters. The minimum Gasteiger partial charge on any atom is -0.353 e. The molecule has 1 aliphatic rings. The maximum absolute atomic E-state index is 12.9. The van der Waals surface area contributed by atoms with E-state index in [1.165, 1.54) is 9.58 Å². The van der Waals surface area contributed by atoms with Gasteiger partial charge in [-0.15, -0.1) is 0 Å². The zero-order chi connectivity index (χ0) is 19.2. The maximum Gasteiger partial charge on any atom is 0.346 e. The molecule has 1 aliphatic heterocycles. The Kier molecular flexibility index (Phi) is 6.05. The lowest BCUT2D eigenvalue weighted by Crippen LogP contribution is -2.51. The lowest BCUT2D eigenvalue weighted by molar-refractivity contribution is -0.138. The Hall–Kier alpha value is -2.90. The molecule has 0 spiro atoms. The molecule has 1 N–H and O–H groups in total. The number of carbonyl (C=O) groups excluding carboxylic acids is 2. The number of carbonyl (C=O) groups is 2. The SMILES string of the molecule is CCCCc1nn(CC(=O)N2CCNC(=O)C2)c(=O)n1Cc1ccccc1. The smallest absolute Gasteiger partial charge is 0.346 e. The Balaban J connectivity index is 1.81. The van der Waals surface area contributed by atoms with Gasteiger partial charge in [-0.1, -0.05) is 43.7 Å². The zero-order valence-electron chi connectivity index (χ0n) is 15.6. The zero-order valence-corrected chi connectivity index (χ0v) is 15.6. The second-order valence-corrected chi connectivity index (χ2v) is 6.70. The second-order valence-electron chi connectivity index (χ2n) is 6.70. The molecule has 0 bridgehead atoms. The summed E-state index contributed by atoms with van der Waals surface area (Å²) in [6.07, 6.45) is 2.60. The molecule has 2 amide bonds. The highest BCUT2D eigenvalue weighted by molar-refractivity contribution is 5.85. The van der Waals surface area contributed by atoms with E-state index in [9.17, 15) is 14.4 Å². The van der Waals surface area contributed by atoms with Gasteiger partial charge in [-0.05, 0) is 12.0 Å². The third-order valence-corrected chi connectivity index (χ3v) is 4.61. The number of hydrogen-bond acceptors (Lipinski definition) is 4. The highest BCUT2D eigenvalue weighted by Crippen LogP contribution is 2.06. The van der Waals surface area contributed by atoms with Crippen molar-refractivity contribution >= 4 is 11.8 Å². The van der Waals surface area contributed by atoms with Gasteiger partial charge >= 0.3 is 5.69 Å².